The van der Waals surface area contributed by atoms with E-state index < -0.39 is 0 Å². The van der Waals surface area contributed by atoms with Crippen molar-refractivity contribution in [3.63, 3.8) is 0 Å². The molecule has 8 rings (SSSR count). The van der Waals surface area contributed by atoms with Crippen LogP contribution in [-0.4, -0.2) is 47.4 Å². The first kappa shape index (κ1) is 31.4. The first-order valence-electron chi connectivity index (χ1n) is 15.9. The monoisotopic (exact) mass is 624 g/mol. The lowest BCUT2D eigenvalue weighted by Crippen LogP contribution is -2.00. The van der Waals surface area contributed by atoms with Crippen LogP contribution in [0.15, 0.2) is 91.8 Å². The summed E-state index contributed by atoms with van der Waals surface area (Å²) in [5.41, 5.74) is 9.74. The van der Waals surface area contributed by atoms with Gasteiger partial charge in [-0.1, -0.05) is 6.08 Å². The number of carbonyl (C=O) groups is 3. The van der Waals surface area contributed by atoms with Crippen LogP contribution < -0.4 is 0 Å². The third-order valence-electron chi connectivity index (χ3n) is 8.52. The first-order valence-corrected chi connectivity index (χ1v) is 15.9. The van der Waals surface area contributed by atoms with Crippen molar-refractivity contribution in [3.8, 4) is 11.4 Å². The van der Waals surface area contributed by atoms with E-state index in [9.17, 15) is 9.59 Å². The van der Waals surface area contributed by atoms with Crippen LogP contribution in [0.3, 0.4) is 0 Å². The molecular weight excluding hydrogens is 588 g/mol. The van der Waals surface area contributed by atoms with Crippen molar-refractivity contribution in [2.45, 2.75) is 58.8 Å². The van der Waals surface area contributed by atoms with Crippen molar-refractivity contribution in [3.05, 3.63) is 114 Å². The average molecular weight is 625 g/mol. The number of allylic oxidation sites excluding steroid dienone is 2. The van der Waals surface area contributed by atoms with E-state index in [-0.39, 0.29) is 5.78 Å². The minimum Gasteiger partial charge on any atom is -0.304 e. The second kappa shape index (κ2) is 14.2. The highest BCUT2D eigenvalue weighted by Gasteiger charge is 2.21. The third kappa shape index (κ3) is 6.70. The molecule has 0 spiro atoms. The van der Waals surface area contributed by atoms with Gasteiger partial charge in [0.1, 0.15) is 12.1 Å². The summed E-state index contributed by atoms with van der Waals surface area (Å²) in [6.07, 6.45) is 19.1. The van der Waals surface area contributed by atoms with E-state index in [1.54, 1.807) is 24.8 Å². The molecule has 2 aromatic carbocycles. The number of aryl methyl sites for hydroxylation is 2. The van der Waals surface area contributed by atoms with Gasteiger partial charge in [0.15, 0.2) is 5.78 Å². The maximum atomic E-state index is 12.3. The highest BCUT2D eigenvalue weighted by Crippen LogP contribution is 2.32. The van der Waals surface area contributed by atoms with Gasteiger partial charge in [-0.3, -0.25) is 19.6 Å². The highest BCUT2D eigenvalue weighted by atomic mass is 16.1. The molecule has 0 saturated carbocycles. The standard InChI is InChI=1S/C19H17N3O.C17H15N3O.C2H4O/c1-2-16-17-10-14-12-21-22(15-6-8-20-9-7-15)18(14)11-13(17)4-3-5-19(16)23;21-16-3-1-2-12-10-17-14(8-13(12)9-16)11-19-20(17)15-4-6-18-7-5-15;1-2-3/h2,6-12H,3-5H2,1H3;4-8,10-11H,1-3,9H2;2H,1H3. The maximum Gasteiger partial charge on any atom is 0.163 e. The first-order chi connectivity index (χ1) is 23.0. The topological polar surface area (TPSA) is 113 Å². The number of nitrogens with zero attached hydrogens (tertiary/aromatic N) is 6. The van der Waals surface area contributed by atoms with Crippen molar-refractivity contribution in [2.75, 3.05) is 0 Å². The zero-order chi connectivity index (χ0) is 32.8. The van der Waals surface area contributed by atoms with Crippen molar-refractivity contribution in [1.82, 2.24) is 29.5 Å². The number of fused-ring (bicyclic) bond motifs is 4. The molecule has 47 heavy (non-hydrogen) atoms. The minimum absolute atomic E-state index is 0.243. The number of ketones is 2. The van der Waals surface area contributed by atoms with Gasteiger partial charge in [-0.25, -0.2) is 9.36 Å². The summed E-state index contributed by atoms with van der Waals surface area (Å²) in [5.74, 6) is 0.585. The molecule has 0 radical (unpaired) electrons. The number of aromatic nitrogens is 6. The molecule has 6 aromatic rings. The molecule has 9 nitrogen and oxygen atoms in total. The normalized spacial score (nSPS) is 15.1. The molecule has 236 valence electrons. The molecule has 2 aliphatic rings. The summed E-state index contributed by atoms with van der Waals surface area (Å²) in [6, 6.07) is 16.4. The molecule has 0 fully saturated rings. The Hall–Kier alpha value is -5.57. The summed E-state index contributed by atoms with van der Waals surface area (Å²) in [4.78, 5) is 41.0. The van der Waals surface area contributed by atoms with Gasteiger partial charge < -0.3 is 4.79 Å². The lowest BCUT2D eigenvalue weighted by atomic mass is 9.96. The highest BCUT2D eigenvalue weighted by molar-refractivity contribution is 6.22. The van der Waals surface area contributed by atoms with E-state index >= 15 is 0 Å². The molecule has 0 saturated heterocycles. The van der Waals surface area contributed by atoms with Crippen molar-refractivity contribution >= 4 is 45.2 Å². The Morgan fingerprint density at radius 2 is 1.19 bits per heavy atom. The van der Waals surface area contributed by atoms with Crippen molar-refractivity contribution < 1.29 is 14.4 Å². The van der Waals surface area contributed by atoms with Crippen LogP contribution in [0.25, 0.3) is 38.8 Å². The number of hydrogen-bond acceptors (Lipinski definition) is 7. The molecule has 2 aliphatic carbocycles. The fourth-order valence-corrected chi connectivity index (χ4v) is 6.34. The molecule has 0 bridgehead atoms. The van der Waals surface area contributed by atoms with Gasteiger partial charge >= 0.3 is 0 Å². The summed E-state index contributed by atoms with van der Waals surface area (Å²) in [6.45, 7) is 3.38. The summed E-state index contributed by atoms with van der Waals surface area (Å²) >= 11 is 0. The number of Topliss-reactive ketones (excluding diaryl/α,β-unsaturated/α-hetero) is 2. The number of carbonyl (C=O) groups excluding carboxylic acids is 3. The van der Waals surface area contributed by atoms with Crippen molar-refractivity contribution in [2.24, 2.45) is 0 Å². The summed E-state index contributed by atoms with van der Waals surface area (Å²) in [7, 11) is 0. The van der Waals surface area contributed by atoms with Crippen LogP contribution in [0.1, 0.15) is 61.8 Å². The Morgan fingerprint density at radius 3 is 1.79 bits per heavy atom. The summed E-state index contributed by atoms with van der Waals surface area (Å²) in [5, 5.41) is 11.1. The number of rotatable bonds is 2. The smallest absolute Gasteiger partial charge is 0.163 e. The van der Waals surface area contributed by atoms with Gasteiger partial charge in [0, 0.05) is 60.4 Å². The van der Waals surface area contributed by atoms with Crippen LogP contribution in [0.5, 0.6) is 0 Å². The van der Waals surface area contributed by atoms with Gasteiger partial charge in [0.25, 0.3) is 0 Å². The van der Waals surface area contributed by atoms with Gasteiger partial charge in [0.2, 0.25) is 0 Å². The Kier molecular flexibility index (Phi) is 9.52. The van der Waals surface area contributed by atoms with Crippen LogP contribution in [0.2, 0.25) is 0 Å². The molecule has 0 aliphatic heterocycles. The van der Waals surface area contributed by atoms with Crippen LogP contribution in [0.4, 0.5) is 0 Å². The van der Waals surface area contributed by atoms with Gasteiger partial charge in [-0.2, -0.15) is 10.2 Å². The predicted octanol–water partition coefficient (Wildman–Crippen LogP) is 6.80. The van der Waals surface area contributed by atoms with E-state index in [1.807, 2.05) is 59.0 Å². The second-order valence-corrected chi connectivity index (χ2v) is 11.6. The van der Waals surface area contributed by atoms with Gasteiger partial charge in [0.05, 0.1) is 34.8 Å². The molecule has 0 atom stereocenters. The Balaban J connectivity index is 0.000000152. The zero-order valence-corrected chi connectivity index (χ0v) is 26.6. The fraction of sp³-hybridized carbons (Fsp3) is 0.237. The molecule has 4 aromatic heterocycles. The Labute approximate surface area is 273 Å². The van der Waals surface area contributed by atoms with Gasteiger partial charge in [-0.05, 0) is 110 Å². The number of pyridine rings is 2. The average Bonchev–Trinajstić information content (AvgIpc) is 3.59. The SMILES string of the molecule is CC=C1C(=O)CCCc2cc3c(cnn3-c3ccncc3)cc21.CC=O.O=C1CCCc2cc3c(cnn3-c3ccncc3)cc2C1. The zero-order valence-electron chi connectivity index (χ0n) is 26.6. The number of hydrogen-bond donors (Lipinski definition) is 0. The number of aldehydes is 1. The largest absolute Gasteiger partial charge is 0.304 e. The van der Waals surface area contributed by atoms with Crippen molar-refractivity contribution in [1.29, 1.82) is 0 Å². The molecule has 0 unspecified atom stereocenters. The van der Waals surface area contributed by atoms with Crippen LogP contribution in [0, 0.1) is 0 Å². The third-order valence-corrected chi connectivity index (χ3v) is 8.52. The fourth-order valence-electron chi connectivity index (χ4n) is 6.34. The summed E-state index contributed by atoms with van der Waals surface area (Å²) < 4.78 is 3.86. The van der Waals surface area contributed by atoms with E-state index in [2.05, 4.69) is 44.4 Å². The maximum absolute atomic E-state index is 12.3. The molecular formula is C38H36N6O3. The lowest BCUT2D eigenvalue weighted by Gasteiger charge is -2.10. The Bertz CT molecular complexity index is 2090. The van der Waals surface area contributed by atoms with E-state index in [0.29, 0.717) is 25.0 Å². The Morgan fingerprint density at radius 1 is 0.660 bits per heavy atom. The van der Waals surface area contributed by atoms with E-state index in [4.69, 9.17) is 4.79 Å². The van der Waals surface area contributed by atoms with E-state index in [0.717, 1.165) is 76.3 Å². The van der Waals surface area contributed by atoms with Crippen LogP contribution >= 0.6 is 0 Å². The predicted molar refractivity (Wildman–Crippen MR) is 183 cm³/mol. The molecule has 4 heterocycles. The molecule has 9 heteroatoms. The van der Waals surface area contributed by atoms with E-state index in [1.165, 1.54) is 23.6 Å². The van der Waals surface area contributed by atoms with Crippen LogP contribution in [-0.2, 0) is 33.6 Å². The second-order valence-electron chi connectivity index (χ2n) is 11.6. The molecule has 0 amide bonds. The lowest BCUT2D eigenvalue weighted by molar-refractivity contribution is -0.118. The minimum atomic E-state index is 0.243. The molecule has 0 N–H and O–H groups in total. The quantitative estimate of drug-likeness (QED) is 0.118. The van der Waals surface area contributed by atoms with Gasteiger partial charge in [-0.15, -0.1) is 0 Å². The number of benzene rings is 2.